The first-order chi connectivity index (χ1) is 8.66. The average molecular weight is 279 g/mol. The molecule has 0 spiro atoms. The molecule has 94 valence electrons. The highest BCUT2D eigenvalue weighted by molar-refractivity contribution is 7.80. The lowest BCUT2D eigenvalue weighted by molar-refractivity contribution is 0.310. The maximum absolute atomic E-state index is 5.58. The number of nitrogens with two attached hydrogens (primary N) is 1. The molecule has 6 heteroatoms. The Labute approximate surface area is 115 Å². The van der Waals surface area contributed by atoms with Gasteiger partial charge in [0.15, 0.2) is 0 Å². The summed E-state index contributed by atoms with van der Waals surface area (Å²) in [6.07, 6.45) is 2.47. The van der Waals surface area contributed by atoms with E-state index < -0.39 is 0 Å². The van der Waals surface area contributed by atoms with E-state index in [4.69, 9.17) is 22.7 Å². The summed E-state index contributed by atoms with van der Waals surface area (Å²) in [6, 6.07) is 3.52. The van der Waals surface area contributed by atoms with Gasteiger partial charge >= 0.3 is 0 Å². The van der Waals surface area contributed by atoms with Crippen molar-refractivity contribution >= 4 is 28.5 Å². The van der Waals surface area contributed by atoms with Crippen LogP contribution in [0.2, 0.25) is 0 Å². The second-order valence-corrected chi connectivity index (χ2v) is 5.09. The lowest BCUT2D eigenvalue weighted by atomic mass is 10.3. The molecular formula is C12H13N3OS2. The second kappa shape index (κ2) is 5.88. The minimum atomic E-state index is 0.348. The van der Waals surface area contributed by atoms with Gasteiger partial charge < -0.3 is 10.5 Å². The van der Waals surface area contributed by atoms with E-state index in [1.807, 2.05) is 12.4 Å². The summed E-state index contributed by atoms with van der Waals surface area (Å²) in [5.41, 5.74) is 9.22. The van der Waals surface area contributed by atoms with Crippen molar-refractivity contribution in [1.29, 1.82) is 0 Å². The number of hydrogen-bond acceptors (Lipinski definition) is 5. The Bertz CT molecular complexity index is 554. The van der Waals surface area contributed by atoms with Crippen LogP contribution < -0.4 is 10.5 Å². The average Bonchev–Trinajstić information content (AvgIpc) is 2.76. The van der Waals surface area contributed by atoms with Crippen LogP contribution in [0.4, 0.5) is 0 Å². The summed E-state index contributed by atoms with van der Waals surface area (Å²) < 4.78 is 5.58. The topological polar surface area (TPSA) is 61.0 Å². The maximum Gasteiger partial charge on any atom is 0.213 e. The van der Waals surface area contributed by atoms with E-state index in [1.54, 1.807) is 29.7 Å². The largest absolute Gasteiger partial charge is 0.477 e. The zero-order valence-corrected chi connectivity index (χ0v) is 11.6. The third-order valence-corrected chi connectivity index (χ3v) is 3.67. The molecule has 0 aliphatic rings. The van der Waals surface area contributed by atoms with Crippen LogP contribution in [-0.2, 0) is 6.42 Å². The van der Waals surface area contributed by atoms with E-state index in [-0.39, 0.29) is 0 Å². The van der Waals surface area contributed by atoms with Crippen molar-refractivity contribution in [3.05, 3.63) is 40.0 Å². The number of ether oxygens (including phenoxy) is 1. The third-order valence-electron chi connectivity index (χ3n) is 2.44. The summed E-state index contributed by atoms with van der Waals surface area (Å²) in [5, 5.41) is 0. The van der Waals surface area contributed by atoms with Gasteiger partial charge in [0.25, 0.3) is 0 Å². The van der Waals surface area contributed by atoms with Crippen molar-refractivity contribution in [1.82, 2.24) is 9.97 Å². The number of thiocarbonyl (C=S) groups is 1. The molecule has 2 N–H and O–H groups in total. The smallest absolute Gasteiger partial charge is 0.213 e. The van der Waals surface area contributed by atoms with Gasteiger partial charge in [-0.3, -0.25) is 0 Å². The first kappa shape index (κ1) is 12.9. The molecule has 0 saturated heterocycles. The summed E-state index contributed by atoms with van der Waals surface area (Å²) in [6.45, 7) is 2.56. The van der Waals surface area contributed by atoms with Gasteiger partial charge in [0, 0.05) is 29.1 Å². The van der Waals surface area contributed by atoms with Crippen molar-refractivity contribution in [3.8, 4) is 5.88 Å². The summed E-state index contributed by atoms with van der Waals surface area (Å²) >= 11 is 6.54. The molecule has 0 amide bonds. The molecule has 0 aliphatic carbocycles. The van der Waals surface area contributed by atoms with Crippen LogP contribution >= 0.6 is 23.6 Å². The Hall–Kier alpha value is -1.53. The number of rotatable bonds is 5. The monoisotopic (exact) mass is 279 g/mol. The number of pyridine rings is 1. The van der Waals surface area contributed by atoms with Crippen molar-refractivity contribution in [2.24, 2.45) is 5.73 Å². The highest BCUT2D eigenvalue weighted by Gasteiger charge is 2.03. The first-order valence-corrected chi connectivity index (χ1v) is 6.73. The fraction of sp³-hybridized carbons (Fsp3) is 0.250. The van der Waals surface area contributed by atoms with E-state index in [1.165, 1.54) is 4.88 Å². The molecular weight excluding hydrogens is 266 g/mol. The number of aryl methyl sites for hydroxylation is 1. The molecule has 0 unspecified atom stereocenters. The predicted molar refractivity (Wildman–Crippen MR) is 76.2 cm³/mol. The molecule has 0 saturated carbocycles. The van der Waals surface area contributed by atoms with Gasteiger partial charge in [-0.25, -0.2) is 9.97 Å². The molecule has 2 aromatic heterocycles. The normalized spacial score (nSPS) is 10.3. The van der Waals surface area contributed by atoms with Gasteiger partial charge in [-0.2, -0.15) is 0 Å². The van der Waals surface area contributed by atoms with Gasteiger partial charge in [-0.1, -0.05) is 12.2 Å². The van der Waals surface area contributed by atoms with Crippen molar-refractivity contribution in [2.75, 3.05) is 6.61 Å². The highest BCUT2D eigenvalue weighted by atomic mass is 32.1. The lowest BCUT2D eigenvalue weighted by Crippen LogP contribution is -2.10. The Morgan fingerprint density at radius 2 is 2.33 bits per heavy atom. The fourth-order valence-electron chi connectivity index (χ4n) is 1.46. The van der Waals surface area contributed by atoms with Crippen LogP contribution in [0.3, 0.4) is 0 Å². The maximum atomic E-state index is 5.58. The van der Waals surface area contributed by atoms with Crippen LogP contribution in [0.25, 0.3) is 0 Å². The van der Waals surface area contributed by atoms with Crippen LogP contribution in [-0.4, -0.2) is 21.6 Å². The van der Waals surface area contributed by atoms with Gasteiger partial charge in [0.1, 0.15) is 4.99 Å². The molecule has 0 aliphatic heterocycles. The molecule has 2 rings (SSSR count). The molecule has 0 atom stereocenters. The van der Waals surface area contributed by atoms with Crippen LogP contribution in [0.1, 0.15) is 16.1 Å². The summed E-state index contributed by atoms with van der Waals surface area (Å²) in [4.78, 5) is 9.89. The number of thiazole rings is 1. The van der Waals surface area contributed by atoms with Crippen LogP contribution in [0, 0.1) is 6.92 Å². The Balaban J connectivity index is 1.92. The van der Waals surface area contributed by atoms with E-state index in [0.717, 1.165) is 17.7 Å². The standard InChI is InChI=1S/C12H13N3OS2/c1-8-10(18-7-15-8)3-5-16-11-6-9(12(13)17)2-4-14-11/h2,4,6-7H,3,5H2,1H3,(H2,13,17). The Morgan fingerprint density at radius 3 is 3.00 bits per heavy atom. The minimum absolute atomic E-state index is 0.348. The van der Waals surface area contributed by atoms with Gasteiger partial charge in [-0.05, 0) is 13.0 Å². The summed E-state index contributed by atoms with van der Waals surface area (Å²) in [5.74, 6) is 0.544. The highest BCUT2D eigenvalue weighted by Crippen LogP contribution is 2.14. The molecule has 2 aromatic rings. The van der Waals surface area contributed by atoms with E-state index in [0.29, 0.717) is 17.5 Å². The van der Waals surface area contributed by atoms with E-state index in [9.17, 15) is 0 Å². The van der Waals surface area contributed by atoms with E-state index >= 15 is 0 Å². The first-order valence-electron chi connectivity index (χ1n) is 5.44. The third kappa shape index (κ3) is 3.24. The van der Waals surface area contributed by atoms with Crippen molar-refractivity contribution in [2.45, 2.75) is 13.3 Å². The fourth-order valence-corrected chi connectivity index (χ4v) is 2.35. The SMILES string of the molecule is Cc1ncsc1CCOc1cc(C(N)=S)ccn1. The number of aromatic nitrogens is 2. The van der Waals surface area contributed by atoms with Crippen molar-refractivity contribution in [3.63, 3.8) is 0 Å². The second-order valence-electron chi connectivity index (χ2n) is 3.71. The molecule has 4 nitrogen and oxygen atoms in total. The molecule has 2 heterocycles. The quantitative estimate of drug-likeness (QED) is 0.849. The molecule has 0 fully saturated rings. The van der Waals surface area contributed by atoms with E-state index in [2.05, 4.69) is 9.97 Å². The molecule has 0 bridgehead atoms. The van der Waals surface area contributed by atoms with Crippen molar-refractivity contribution < 1.29 is 4.74 Å². The number of nitrogens with zero attached hydrogens (tertiary/aromatic N) is 2. The van der Waals surface area contributed by atoms with Gasteiger partial charge in [0.2, 0.25) is 5.88 Å². The minimum Gasteiger partial charge on any atom is -0.477 e. The lowest BCUT2D eigenvalue weighted by Gasteiger charge is -2.05. The Kier molecular flexibility index (Phi) is 4.22. The molecule has 0 radical (unpaired) electrons. The predicted octanol–water partition coefficient (Wildman–Crippen LogP) is 2.10. The zero-order valence-electron chi connectivity index (χ0n) is 9.92. The molecule has 0 aromatic carbocycles. The van der Waals surface area contributed by atoms with Crippen LogP contribution in [0.15, 0.2) is 23.8 Å². The number of hydrogen-bond donors (Lipinski definition) is 1. The van der Waals surface area contributed by atoms with Gasteiger partial charge in [0.05, 0.1) is 17.8 Å². The zero-order chi connectivity index (χ0) is 13.0. The van der Waals surface area contributed by atoms with Gasteiger partial charge in [-0.15, -0.1) is 11.3 Å². The summed E-state index contributed by atoms with van der Waals surface area (Å²) in [7, 11) is 0. The Morgan fingerprint density at radius 1 is 1.50 bits per heavy atom. The molecule has 18 heavy (non-hydrogen) atoms. The van der Waals surface area contributed by atoms with Crippen LogP contribution in [0.5, 0.6) is 5.88 Å².